The van der Waals surface area contributed by atoms with Crippen molar-refractivity contribution in [2.75, 3.05) is 20.3 Å². The molecule has 0 fully saturated rings. The largest absolute Gasteiger partial charge is 0.457 e. The van der Waals surface area contributed by atoms with E-state index in [1.807, 2.05) is 18.9 Å². The van der Waals surface area contributed by atoms with Crippen molar-refractivity contribution in [1.82, 2.24) is 4.90 Å². The molecule has 0 aliphatic carbocycles. The van der Waals surface area contributed by atoms with Gasteiger partial charge in [0.25, 0.3) is 6.43 Å². The molecule has 26 heavy (non-hydrogen) atoms. The van der Waals surface area contributed by atoms with Gasteiger partial charge in [-0.25, -0.2) is 13.8 Å². The highest BCUT2D eigenvalue weighted by molar-refractivity contribution is 5.65. The van der Waals surface area contributed by atoms with Crippen LogP contribution in [0, 0.1) is 6.92 Å². The molecule has 0 bridgehead atoms. The zero-order chi connectivity index (χ0) is 19.1. The van der Waals surface area contributed by atoms with E-state index in [0.29, 0.717) is 11.4 Å². The van der Waals surface area contributed by atoms with Gasteiger partial charge in [0.2, 0.25) is 0 Å². The molecular formula is C20H23F3N2O. The van der Waals surface area contributed by atoms with Crippen LogP contribution in [0.2, 0.25) is 0 Å². The van der Waals surface area contributed by atoms with Crippen molar-refractivity contribution in [1.29, 1.82) is 0 Å². The minimum absolute atomic E-state index is 0.0812. The number of rotatable bonds is 8. The SMILES string of the molecule is CCN(C)C=Nc1cc(C(F)F)c(Oc2cccc(CCF)c2)cc1C. The molecule has 0 saturated carbocycles. The van der Waals surface area contributed by atoms with Crippen LogP contribution < -0.4 is 4.74 Å². The first kappa shape index (κ1) is 19.8. The van der Waals surface area contributed by atoms with Crippen LogP contribution in [0.15, 0.2) is 41.4 Å². The van der Waals surface area contributed by atoms with Crippen molar-refractivity contribution in [2.45, 2.75) is 26.7 Å². The number of halogens is 3. The van der Waals surface area contributed by atoms with E-state index in [4.69, 9.17) is 4.74 Å². The van der Waals surface area contributed by atoms with Crippen molar-refractivity contribution >= 4 is 12.0 Å². The first-order valence-electron chi connectivity index (χ1n) is 8.44. The molecule has 2 aromatic carbocycles. The van der Waals surface area contributed by atoms with Crippen molar-refractivity contribution in [2.24, 2.45) is 4.99 Å². The van der Waals surface area contributed by atoms with E-state index >= 15 is 0 Å². The Balaban J connectivity index is 2.35. The zero-order valence-electron chi connectivity index (χ0n) is 15.2. The number of hydrogen-bond donors (Lipinski definition) is 0. The second-order valence-corrected chi connectivity index (χ2v) is 5.98. The number of aryl methyl sites for hydroxylation is 2. The molecule has 0 amide bonds. The lowest BCUT2D eigenvalue weighted by Crippen LogP contribution is -2.14. The van der Waals surface area contributed by atoms with Crippen molar-refractivity contribution < 1.29 is 17.9 Å². The summed E-state index contributed by atoms with van der Waals surface area (Å²) in [6, 6.07) is 9.71. The summed E-state index contributed by atoms with van der Waals surface area (Å²) in [5.41, 5.74) is 1.73. The van der Waals surface area contributed by atoms with Gasteiger partial charge in [0.05, 0.1) is 24.3 Å². The van der Waals surface area contributed by atoms with Gasteiger partial charge in [-0.3, -0.25) is 4.39 Å². The molecule has 0 unspecified atom stereocenters. The Morgan fingerprint density at radius 1 is 1.23 bits per heavy atom. The molecule has 2 aromatic rings. The average molecular weight is 364 g/mol. The number of aliphatic imine (C=N–C) groups is 1. The summed E-state index contributed by atoms with van der Waals surface area (Å²) in [7, 11) is 1.86. The topological polar surface area (TPSA) is 24.8 Å². The summed E-state index contributed by atoms with van der Waals surface area (Å²) in [6.07, 6.45) is -0.827. The van der Waals surface area contributed by atoms with Crippen LogP contribution in [-0.4, -0.2) is 31.5 Å². The Morgan fingerprint density at radius 3 is 2.65 bits per heavy atom. The van der Waals surface area contributed by atoms with E-state index in [-0.39, 0.29) is 17.7 Å². The van der Waals surface area contributed by atoms with Crippen LogP contribution in [-0.2, 0) is 6.42 Å². The molecule has 140 valence electrons. The minimum atomic E-state index is -2.70. The number of ether oxygens (including phenoxy) is 1. The highest BCUT2D eigenvalue weighted by Crippen LogP contribution is 2.37. The van der Waals surface area contributed by atoms with E-state index < -0.39 is 13.1 Å². The van der Waals surface area contributed by atoms with E-state index in [1.54, 1.807) is 43.6 Å². The molecule has 0 radical (unpaired) electrons. The fraction of sp³-hybridized carbons (Fsp3) is 0.350. The molecule has 6 heteroatoms. The van der Waals surface area contributed by atoms with Crippen LogP contribution >= 0.6 is 0 Å². The minimum Gasteiger partial charge on any atom is -0.457 e. The fourth-order valence-corrected chi connectivity index (χ4v) is 2.33. The van der Waals surface area contributed by atoms with E-state index in [0.717, 1.165) is 17.7 Å². The fourth-order valence-electron chi connectivity index (χ4n) is 2.33. The maximum absolute atomic E-state index is 13.5. The second-order valence-electron chi connectivity index (χ2n) is 5.98. The van der Waals surface area contributed by atoms with Crippen LogP contribution in [0.25, 0.3) is 0 Å². The molecule has 2 rings (SSSR count). The van der Waals surface area contributed by atoms with Gasteiger partial charge in [0.15, 0.2) is 0 Å². The number of nitrogens with zero attached hydrogens (tertiary/aromatic N) is 2. The Kier molecular flexibility index (Phi) is 7.06. The maximum atomic E-state index is 13.5. The molecule has 0 aliphatic heterocycles. The molecule has 0 atom stereocenters. The molecule has 0 N–H and O–H groups in total. The van der Waals surface area contributed by atoms with E-state index in [9.17, 15) is 13.2 Å². The Bertz CT molecular complexity index is 763. The highest BCUT2D eigenvalue weighted by Gasteiger charge is 2.17. The first-order valence-corrected chi connectivity index (χ1v) is 8.44. The van der Waals surface area contributed by atoms with Gasteiger partial charge in [-0.2, -0.15) is 0 Å². The lowest BCUT2D eigenvalue weighted by atomic mass is 10.1. The number of benzene rings is 2. The average Bonchev–Trinajstić information content (AvgIpc) is 2.61. The quantitative estimate of drug-likeness (QED) is 0.434. The Labute approximate surface area is 152 Å². The van der Waals surface area contributed by atoms with Crippen LogP contribution in [0.3, 0.4) is 0 Å². The predicted molar refractivity (Wildman–Crippen MR) is 98.8 cm³/mol. The summed E-state index contributed by atoms with van der Waals surface area (Å²) < 4.78 is 45.2. The van der Waals surface area contributed by atoms with Gasteiger partial charge in [-0.1, -0.05) is 12.1 Å². The summed E-state index contributed by atoms with van der Waals surface area (Å²) >= 11 is 0. The van der Waals surface area contributed by atoms with Gasteiger partial charge in [-0.05, 0) is 49.2 Å². The molecule has 0 aliphatic rings. The smallest absolute Gasteiger partial charge is 0.267 e. The van der Waals surface area contributed by atoms with Gasteiger partial charge >= 0.3 is 0 Å². The molecule has 0 spiro atoms. The van der Waals surface area contributed by atoms with Crippen LogP contribution in [0.4, 0.5) is 18.9 Å². The highest BCUT2D eigenvalue weighted by atomic mass is 19.3. The summed E-state index contributed by atoms with van der Waals surface area (Å²) in [4.78, 5) is 6.13. The van der Waals surface area contributed by atoms with Gasteiger partial charge in [0.1, 0.15) is 11.5 Å². The molecule has 0 saturated heterocycles. The van der Waals surface area contributed by atoms with E-state index in [1.165, 1.54) is 6.07 Å². The standard InChI is InChI=1S/C20H23F3N2O/c1-4-25(3)13-24-18-12-17(20(22)23)19(10-14(18)2)26-16-7-5-6-15(11-16)8-9-21/h5-7,10-13,20H,4,8-9H2,1-3H3. The van der Waals surface area contributed by atoms with Crippen molar-refractivity contribution in [3.8, 4) is 11.5 Å². The summed E-state index contributed by atoms with van der Waals surface area (Å²) in [5, 5.41) is 0. The predicted octanol–water partition coefficient (Wildman–Crippen LogP) is 5.85. The maximum Gasteiger partial charge on any atom is 0.267 e. The second kappa shape index (κ2) is 9.27. The third kappa shape index (κ3) is 5.25. The molecule has 3 nitrogen and oxygen atoms in total. The Morgan fingerprint density at radius 2 is 2.00 bits per heavy atom. The van der Waals surface area contributed by atoms with E-state index in [2.05, 4.69) is 4.99 Å². The lowest BCUT2D eigenvalue weighted by molar-refractivity contribution is 0.148. The normalized spacial score (nSPS) is 11.3. The van der Waals surface area contributed by atoms with Gasteiger partial charge in [0, 0.05) is 20.0 Å². The lowest BCUT2D eigenvalue weighted by Gasteiger charge is -2.15. The summed E-state index contributed by atoms with van der Waals surface area (Å²) in [6.45, 7) is 4.04. The zero-order valence-corrected chi connectivity index (χ0v) is 15.2. The van der Waals surface area contributed by atoms with Crippen LogP contribution in [0.1, 0.15) is 30.0 Å². The third-order valence-corrected chi connectivity index (χ3v) is 3.97. The van der Waals surface area contributed by atoms with Gasteiger partial charge < -0.3 is 9.64 Å². The van der Waals surface area contributed by atoms with Gasteiger partial charge in [-0.15, -0.1) is 0 Å². The van der Waals surface area contributed by atoms with Crippen molar-refractivity contribution in [3.05, 3.63) is 53.1 Å². The monoisotopic (exact) mass is 364 g/mol. The Hall–Kier alpha value is -2.50. The first-order chi connectivity index (χ1) is 12.4. The molecule has 0 aromatic heterocycles. The molecular weight excluding hydrogens is 341 g/mol. The number of alkyl halides is 3. The summed E-state index contributed by atoms with van der Waals surface area (Å²) in [5.74, 6) is 0.483. The number of hydrogen-bond acceptors (Lipinski definition) is 2. The molecule has 0 heterocycles. The van der Waals surface area contributed by atoms with Crippen molar-refractivity contribution in [3.63, 3.8) is 0 Å². The third-order valence-electron chi connectivity index (χ3n) is 3.97. The van der Waals surface area contributed by atoms with Crippen LogP contribution in [0.5, 0.6) is 11.5 Å².